The second-order valence-electron chi connectivity index (χ2n) is 8.30. The molecule has 0 heterocycles. The Morgan fingerprint density at radius 3 is 2.00 bits per heavy atom. The van der Waals surface area contributed by atoms with Crippen LogP contribution in [-0.2, 0) is 0 Å². The molecular weight excluding hydrogens is 434 g/mol. The van der Waals surface area contributed by atoms with Crippen molar-refractivity contribution >= 4 is 45.3 Å². The molecule has 0 atom stereocenters. The molecule has 2 amide bonds. The number of nitrogens with zero attached hydrogens (tertiary/aromatic N) is 1. The number of fused-ring (bicyclic) bond motifs is 2. The van der Waals surface area contributed by atoms with Gasteiger partial charge < -0.3 is 5.32 Å². The van der Waals surface area contributed by atoms with Crippen molar-refractivity contribution in [3.63, 3.8) is 0 Å². The summed E-state index contributed by atoms with van der Waals surface area (Å²) in [5.41, 5.74) is 5.88. The number of amides is 2. The number of rotatable bonds is 5. The van der Waals surface area contributed by atoms with Crippen LogP contribution in [0.1, 0.15) is 31.8 Å². The third-order valence-corrected chi connectivity index (χ3v) is 5.91. The Morgan fingerprint density at radius 1 is 0.714 bits per heavy atom. The summed E-state index contributed by atoms with van der Waals surface area (Å²) in [6.07, 6.45) is 1.68. The molecule has 0 aromatic heterocycles. The largest absolute Gasteiger partial charge is 0.321 e. The Hall–Kier alpha value is -4.77. The van der Waals surface area contributed by atoms with E-state index in [1.807, 2.05) is 55.5 Å². The molecule has 0 aliphatic rings. The Labute approximate surface area is 203 Å². The third-order valence-electron chi connectivity index (χ3n) is 5.91. The lowest BCUT2D eigenvalue weighted by Gasteiger charge is -2.10. The number of hydrogen-bond acceptors (Lipinski definition) is 3. The first-order chi connectivity index (χ1) is 17.1. The van der Waals surface area contributed by atoms with Crippen LogP contribution in [0.25, 0.3) is 21.5 Å². The van der Waals surface area contributed by atoms with Crippen LogP contribution in [-0.4, -0.2) is 18.0 Å². The summed E-state index contributed by atoms with van der Waals surface area (Å²) < 4.78 is 0. The van der Waals surface area contributed by atoms with E-state index in [1.165, 1.54) is 0 Å². The van der Waals surface area contributed by atoms with Gasteiger partial charge in [-0.3, -0.25) is 9.59 Å². The van der Waals surface area contributed by atoms with Crippen LogP contribution in [0.2, 0.25) is 0 Å². The van der Waals surface area contributed by atoms with Crippen LogP contribution in [0.15, 0.2) is 108 Å². The zero-order valence-corrected chi connectivity index (χ0v) is 19.2. The molecule has 170 valence electrons. The summed E-state index contributed by atoms with van der Waals surface area (Å²) in [5, 5.41) is 11.4. The predicted octanol–water partition coefficient (Wildman–Crippen LogP) is 6.32. The van der Waals surface area contributed by atoms with Crippen molar-refractivity contribution in [2.75, 3.05) is 5.32 Å². The van der Waals surface area contributed by atoms with E-state index in [2.05, 4.69) is 34.0 Å². The standard InChI is InChI=1S/C30H23N3O2/c1-20-14-16-21(17-15-20)29(34)32-28-13-7-6-12-26(28)30(35)33-31-19-27-24-10-4-2-8-22(24)18-23-9-3-5-11-25(23)27/h2-19H,1H3,(H,32,34)(H,33,35)/b31-19-. The Kier molecular flexibility index (Phi) is 6.05. The van der Waals surface area contributed by atoms with Crippen molar-refractivity contribution in [2.24, 2.45) is 5.10 Å². The first-order valence-corrected chi connectivity index (χ1v) is 11.3. The molecule has 0 fully saturated rings. The van der Waals surface area contributed by atoms with E-state index in [4.69, 9.17) is 0 Å². The summed E-state index contributed by atoms with van der Waals surface area (Å²) in [6, 6.07) is 32.5. The van der Waals surface area contributed by atoms with Crippen LogP contribution in [0.5, 0.6) is 0 Å². The van der Waals surface area contributed by atoms with Crippen LogP contribution in [0, 0.1) is 6.92 Å². The molecule has 35 heavy (non-hydrogen) atoms. The number of aryl methyl sites for hydroxylation is 1. The molecule has 0 bridgehead atoms. The molecule has 5 heteroatoms. The maximum atomic E-state index is 13.0. The Morgan fingerprint density at radius 2 is 1.31 bits per heavy atom. The van der Waals surface area contributed by atoms with Gasteiger partial charge in [-0.2, -0.15) is 5.10 Å². The molecule has 0 radical (unpaired) electrons. The molecule has 5 nitrogen and oxygen atoms in total. The maximum Gasteiger partial charge on any atom is 0.273 e. The minimum atomic E-state index is -0.411. The highest BCUT2D eigenvalue weighted by Crippen LogP contribution is 2.27. The molecular formula is C30H23N3O2. The second kappa shape index (κ2) is 9.61. The Balaban J connectivity index is 1.40. The number of para-hydroxylation sites is 1. The van der Waals surface area contributed by atoms with Gasteiger partial charge in [-0.1, -0.05) is 78.4 Å². The average Bonchev–Trinajstić information content (AvgIpc) is 2.89. The van der Waals surface area contributed by atoms with Crippen molar-refractivity contribution < 1.29 is 9.59 Å². The molecule has 0 aliphatic carbocycles. The van der Waals surface area contributed by atoms with Crippen LogP contribution in [0.4, 0.5) is 5.69 Å². The van der Waals surface area contributed by atoms with Crippen LogP contribution >= 0.6 is 0 Å². The Bertz CT molecular complexity index is 1530. The second-order valence-corrected chi connectivity index (χ2v) is 8.30. The molecule has 0 aliphatic heterocycles. The minimum Gasteiger partial charge on any atom is -0.321 e. The fraction of sp³-hybridized carbons (Fsp3) is 0.0333. The van der Waals surface area contributed by atoms with Crippen LogP contribution in [0.3, 0.4) is 0 Å². The van der Waals surface area contributed by atoms with E-state index < -0.39 is 5.91 Å². The van der Waals surface area contributed by atoms with E-state index in [0.29, 0.717) is 16.8 Å². The van der Waals surface area contributed by atoms with Crippen molar-refractivity contribution in [3.8, 4) is 0 Å². The molecule has 0 saturated carbocycles. The van der Waals surface area contributed by atoms with E-state index in [9.17, 15) is 9.59 Å². The maximum absolute atomic E-state index is 13.0. The molecule has 0 unspecified atom stereocenters. The highest BCUT2D eigenvalue weighted by atomic mass is 16.2. The van der Waals surface area contributed by atoms with E-state index >= 15 is 0 Å². The molecule has 2 N–H and O–H groups in total. The summed E-state index contributed by atoms with van der Waals surface area (Å²) in [6.45, 7) is 1.96. The summed E-state index contributed by atoms with van der Waals surface area (Å²) >= 11 is 0. The van der Waals surface area contributed by atoms with E-state index in [1.54, 1.807) is 42.6 Å². The molecule has 5 aromatic rings. The van der Waals surface area contributed by atoms with Gasteiger partial charge in [-0.25, -0.2) is 5.43 Å². The van der Waals surface area contributed by atoms with Gasteiger partial charge in [-0.05, 0) is 58.8 Å². The van der Waals surface area contributed by atoms with Gasteiger partial charge in [-0.15, -0.1) is 0 Å². The lowest BCUT2D eigenvalue weighted by molar-refractivity contribution is 0.0956. The van der Waals surface area contributed by atoms with Gasteiger partial charge in [0.1, 0.15) is 0 Å². The number of hydrazone groups is 1. The summed E-state index contributed by atoms with van der Waals surface area (Å²) in [7, 11) is 0. The fourth-order valence-electron chi connectivity index (χ4n) is 4.09. The van der Waals surface area contributed by atoms with E-state index in [-0.39, 0.29) is 5.91 Å². The zero-order valence-electron chi connectivity index (χ0n) is 19.2. The van der Waals surface area contributed by atoms with Gasteiger partial charge in [0, 0.05) is 11.1 Å². The van der Waals surface area contributed by atoms with Gasteiger partial charge in [0.25, 0.3) is 11.8 Å². The van der Waals surface area contributed by atoms with Crippen molar-refractivity contribution in [1.29, 1.82) is 0 Å². The lowest BCUT2D eigenvalue weighted by Crippen LogP contribution is -2.21. The van der Waals surface area contributed by atoms with Crippen molar-refractivity contribution in [2.45, 2.75) is 6.92 Å². The topological polar surface area (TPSA) is 70.6 Å². The van der Waals surface area contributed by atoms with E-state index in [0.717, 1.165) is 32.7 Å². The average molecular weight is 458 g/mol. The van der Waals surface area contributed by atoms with Gasteiger partial charge >= 0.3 is 0 Å². The van der Waals surface area contributed by atoms with Crippen molar-refractivity contribution in [3.05, 3.63) is 125 Å². The van der Waals surface area contributed by atoms with Crippen molar-refractivity contribution in [1.82, 2.24) is 5.43 Å². The van der Waals surface area contributed by atoms with Gasteiger partial charge in [0.05, 0.1) is 17.5 Å². The number of carbonyl (C=O) groups is 2. The smallest absolute Gasteiger partial charge is 0.273 e. The number of benzene rings is 5. The zero-order chi connectivity index (χ0) is 24.2. The third kappa shape index (κ3) is 4.66. The summed E-state index contributed by atoms with van der Waals surface area (Å²) in [4.78, 5) is 25.6. The van der Waals surface area contributed by atoms with Crippen LogP contribution < -0.4 is 10.7 Å². The fourth-order valence-corrected chi connectivity index (χ4v) is 4.09. The highest BCUT2D eigenvalue weighted by Gasteiger charge is 2.14. The number of hydrogen-bond donors (Lipinski definition) is 2. The SMILES string of the molecule is Cc1ccc(C(=O)Nc2ccccc2C(=O)N/N=C\c2c3ccccc3cc3ccccc23)cc1. The predicted molar refractivity (Wildman–Crippen MR) is 142 cm³/mol. The molecule has 0 spiro atoms. The summed E-state index contributed by atoms with van der Waals surface area (Å²) in [5.74, 6) is -0.693. The molecule has 0 saturated heterocycles. The normalized spacial score (nSPS) is 11.1. The lowest BCUT2D eigenvalue weighted by atomic mass is 9.97. The molecule has 5 aromatic carbocycles. The molecule has 5 rings (SSSR count). The minimum absolute atomic E-state index is 0.282. The van der Waals surface area contributed by atoms with Gasteiger partial charge in [0.15, 0.2) is 0 Å². The monoisotopic (exact) mass is 457 g/mol. The number of carbonyl (C=O) groups excluding carboxylic acids is 2. The first-order valence-electron chi connectivity index (χ1n) is 11.3. The number of nitrogens with one attached hydrogen (secondary N) is 2. The van der Waals surface area contributed by atoms with Gasteiger partial charge in [0.2, 0.25) is 0 Å². The quantitative estimate of drug-likeness (QED) is 0.184. The first kappa shape index (κ1) is 22.0. The highest BCUT2D eigenvalue weighted by molar-refractivity contribution is 6.14. The number of anilines is 1.